The summed E-state index contributed by atoms with van der Waals surface area (Å²) in [4.78, 5) is 14.8. The molecule has 0 spiro atoms. The Morgan fingerprint density at radius 2 is 1.39 bits per heavy atom. The lowest BCUT2D eigenvalue weighted by Crippen LogP contribution is -2.30. The molecule has 1 aromatic heterocycles. The largest absolute Gasteiger partial charge is 0.497 e. The second-order valence-corrected chi connectivity index (χ2v) is 9.72. The number of methoxy groups -OCH3 is 1. The van der Waals surface area contributed by atoms with Crippen LogP contribution in [-0.4, -0.2) is 22.7 Å². The zero-order valence-corrected chi connectivity index (χ0v) is 22.8. The molecule has 1 fully saturated rings. The van der Waals surface area contributed by atoms with Crippen LogP contribution in [0.1, 0.15) is 28.1 Å². The van der Waals surface area contributed by atoms with Crippen molar-refractivity contribution in [2.75, 3.05) is 12.0 Å². The van der Waals surface area contributed by atoms with Crippen molar-refractivity contribution in [3.05, 3.63) is 107 Å². The maximum absolute atomic E-state index is 13.3. The molecule has 0 aliphatic carbocycles. The van der Waals surface area contributed by atoms with Gasteiger partial charge in [0.25, 0.3) is 5.91 Å². The first-order valence-corrected chi connectivity index (χ1v) is 12.7. The Labute approximate surface area is 228 Å². The first-order chi connectivity index (χ1) is 18.2. The zero-order chi connectivity index (χ0) is 27.0. The van der Waals surface area contributed by atoms with Crippen LogP contribution in [-0.2, 0) is 4.79 Å². The van der Waals surface area contributed by atoms with Crippen LogP contribution < -0.4 is 19.7 Å². The summed E-state index contributed by atoms with van der Waals surface area (Å²) in [6.07, 6.45) is 1.87. The van der Waals surface area contributed by atoms with Gasteiger partial charge in [-0.25, -0.2) is 0 Å². The number of nitrogens with zero attached hydrogens (tertiary/aromatic N) is 2. The first kappa shape index (κ1) is 25.3. The third-order valence-electron chi connectivity index (χ3n) is 6.79. The monoisotopic (exact) mass is 523 g/mol. The minimum absolute atomic E-state index is 0.164. The van der Waals surface area contributed by atoms with Crippen molar-refractivity contribution in [1.29, 1.82) is 0 Å². The Morgan fingerprint density at radius 1 is 0.789 bits per heavy atom. The summed E-state index contributed by atoms with van der Waals surface area (Å²) in [5.74, 6) is 2.10. The van der Waals surface area contributed by atoms with Crippen LogP contribution in [0.15, 0.2) is 78.5 Å². The van der Waals surface area contributed by atoms with E-state index in [1.165, 1.54) is 5.56 Å². The SMILES string of the molecule is COc1ccc(Oc2ccc(-n3c(C)cc(/C=C4\NC(=S)N(c5ccc(C)c(C)c5)C4=O)c3C)cc2)cc1. The summed E-state index contributed by atoms with van der Waals surface area (Å²) < 4.78 is 13.3. The molecule has 1 saturated heterocycles. The van der Waals surface area contributed by atoms with Gasteiger partial charge in [-0.05, 0) is 129 Å². The van der Waals surface area contributed by atoms with E-state index in [-0.39, 0.29) is 5.91 Å². The Morgan fingerprint density at radius 3 is 2.03 bits per heavy atom. The molecule has 2 heterocycles. The van der Waals surface area contributed by atoms with E-state index in [1.54, 1.807) is 12.0 Å². The van der Waals surface area contributed by atoms with Crippen LogP contribution in [0.3, 0.4) is 0 Å². The third-order valence-corrected chi connectivity index (χ3v) is 7.07. The number of aryl methyl sites for hydroxylation is 3. The Hall–Kier alpha value is -4.36. The second kappa shape index (κ2) is 10.2. The third kappa shape index (κ3) is 4.80. The zero-order valence-electron chi connectivity index (χ0n) is 22.0. The van der Waals surface area contributed by atoms with Gasteiger partial charge in [0.2, 0.25) is 0 Å². The normalized spacial score (nSPS) is 14.2. The van der Waals surface area contributed by atoms with Crippen molar-refractivity contribution >= 4 is 35.0 Å². The lowest BCUT2D eigenvalue weighted by Gasteiger charge is -2.15. The molecule has 0 atom stereocenters. The number of benzene rings is 3. The summed E-state index contributed by atoms with van der Waals surface area (Å²) in [6, 6.07) is 23.4. The standard InChI is InChI=1S/C31H29N3O3S/c1-19-6-7-25(16-20(19)2)34-30(35)29(32-31(34)38)18-23-17-21(3)33(22(23)4)24-8-10-27(11-9-24)37-28-14-12-26(36-5)13-15-28/h6-18H,1-5H3,(H,32,38)/b29-18-. The second-order valence-electron chi connectivity index (χ2n) is 9.33. The van der Waals surface area contributed by atoms with Crippen molar-refractivity contribution in [3.63, 3.8) is 0 Å². The predicted molar refractivity (Wildman–Crippen MR) is 155 cm³/mol. The van der Waals surface area contributed by atoms with Gasteiger partial charge in [0.15, 0.2) is 5.11 Å². The number of thiocarbonyl (C=S) groups is 1. The number of ether oxygens (including phenoxy) is 2. The molecule has 5 rings (SSSR count). The van der Waals surface area contributed by atoms with E-state index in [0.717, 1.165) is 51.1 Å². The highest BCUT2D eigenvalue weighted by molar-refractivity contribution is 7.80. The van der Waals surface area contributed by atoms with Crippen LogP contribution in [0.2, 0.25) is 0 Å². The van der Waals surface area contributed by atoms with Crippen molar-refractivity contribution in [1.82, 2.24) is 9.88 Å². The molecule has 1 aliphatic rings. The average molecular weight is 524 g/mol. The summed E-state index contributed by atoms with van der Waals surface area (Å²) in [5, 5.41) is 3.48. The molecule has 7 heteroatoms. The summed E-state index contributed by atoms with van der Waals surface area (Å²) >= 11 is 5.51. The summed E-state index contributed by atoms with van der Waals surface area (Å²) in [7, 11) is 1.64. The number of hydrogen-bond acceptors (Lipinski definition) is 4. The van der Waals surface area contributed by atoms with E-state index >= 15 is 0 Å². The van der Waals surface area contributed by atoms with Gasteiger partial charge in [-0.15, -0.1) is 0 Å². The fourth-order valence-corrected chi connectivity index (χ4v) is 4.86. The highest BCUT2D eigenvalue weighted by atomic mass is 32.1. The van der Waals surface area contributed by atoms with E-state index < -0.39 is 0 Å². The number of aromatic nitrogens is 1. The molecule has 1 aliphatic heterocycles. The van der Waals surface area contributed by atoms with E-state index in [0.29, 0.717) is 10.8 Å². The van der Waals surface area contributed by atoms with E-state index in [2.05, 4.69) is 16.0 Å². The molecule has 1 amide bonds. The number of nitrogens with one attached hydrogen (secondary N) is 1. The smallest absolute Gasteiger partial charge is 0.281 e. The molecule has 0 radical (unpaired) electrons. The Kier molecular flexibility index (Phi) is 6.78. The van der Waals surface area contributed by atoms with Gasteiger partial charge in [-0.3, -0.25) is 9.69 Å². The van der Waals surface area contributed by atoms with Crippen molar-refractivity contribution in [3.8, 4) is 22.9 Å². The van der Waals surface area contributed by atoms with Gasteiger partial charge >= 0.3 is 0 Å². The Bertz CT molecular complexity index is 1570. The number of hydrogen-bond donors (Lipinski definition) is 1. The molecule has 0 unspecified atom stereocenters. The number of rotatable bonds is 6. The maximum Gasteiger partial charge on any atom is 0.281 e. The molecule has 0 saturated carbocycles. The van der Waals surface area contributed by atoms with Crippen LogP contribution in [0.4, 0.5) is 5.69 Å². The average Bonchev–Trinajstić information content (AvgIpc) is 3.35. The molecule has 0 bridgehead atoms. The van der Waals surface area contributed by atoms with E-state index in [9.17, 15) is 4.79 Å². The quantitative estimate of drug-likeness (QED) is 0.223. The number of amides is 1. The van der Waals surface area contributed by atoms with Crippen LogP contribution in [0.5, 0.6) is 17.2 Å². The lowest BCUT2D eigenvalue weighted by atomic mass is 10.1. The number of anilines is 1. The maximum atomic E-state index is 13.3. The summed E-state index contributed by atoms with van der Waals surface area (Å²) in [5.41, 5.74) is 7.52. The predicted octanol–water partition coefficient (Wildman–Crippen LogP) is 6.77. The molecular formula is C31H29N3O3S. The lowest BCUT2D eigenvalue weighted by molar-refractivity contribution is -0.113. The van der Waals surface area contributed by atoms with Crippen LogP contribution in [0, 0.1) is 27.7 Å². The van der Waals surface area contributed by atoms with Gasteiger partial charge in [0.1, 0.15) is 22.9 Å². The minimum atomic E-state index is -0.164. The number of carbonyl (C=O) groups excluding carboxylic acids is 1. The van der Waals surface area contributed by atoms with E-state index in [4.69, 9.17) is 21.7 Å². The fraction of sp³-hybridized carbons (Fsp3) is 0.161. The van der Waals surface area contributed by atoms with Crippen molar-refractivity contribution < 1.29 is 14.3 Å². The molecule has 38 heavy (non-hydrogen) atoms. The topological polar surface area (TPSA) is 55.7 Å². The highest BCUT2D eigenvalue weighted by Crippen LogP contribution is 2.29. The fourth-order valence-electron chi connectivity index (χ4n) is 4.56. The Balaban J connectivity index is 1.38. The van der Waals surface area contributed by atoms with Crippen LogP contribution >= 0.6 is 12.2 Å². The van der Waals surface area contributed by atoms with Crippen molar-refractivity contribution in [2.24, 2.45) is 0 Å². The summed E-state index contributed by atoms with van der Waals surface area (Å²) in [6.45, 7) is 8.16. The molecule has 4 aromatic rings. The van der Waals surface area contributed by atoms with Gasteiger partial charge in [0, 0.05) is 17.1 Å². The van der Waals surface area contributed by atoms with Crippen molar-refractivity contribution in [2.45, 2.75) is 27.7 Å². The minimum Gasteiger partial charge on any atom is -0.497 e. The molecule has 3 aromatic carbocycles. The molecule has 6 nitrogen and oxygen atoms in total. The highest BCUT2D eigenvalue weighted by Gasteiger charge is 2.32. The van der Waals surface area contributed by atoms with Gasteiger partial charge in [-0.1, -0.05) is 6.07 Å². The molecular weight excluding hydrogens is 494 g/mol. The number of carbonyl (C=O) groups is 1. The first-order valence-electron chi connectivity index (χ1n) is 12.3. The van der Waals surface area contributed by atoms with Gasteiger partial charge in [0.05, 0.1) is 12.8 Å². The van der Waals surface area contributed by atoms with Gasteiger partial charge < -0.3 is 19.4 Å². The van der Waals surface area contributed by atoms with E-state index in [1.807, 2.05) is 101 Å². The molecule has 192 valence electrons. The molecule has 1 N–H and O–H groups in total. The van der Waals surface area contributed by atoms with Crippen LogP contribution in [0.25, 0.3) is 11.8 Å². The van der Waals surface area contributed by atoms with Gasteiger partial charge in [-0.2, -0.15) is 0 Å².